The Balaban J connectivity index is 3.25. The molecule has 0 aliphatic rings. The molecule has 0 amide bonds. The Morgan fingerprint density at radius 3 is 2.38 bits per heavy atom. The van der Waals surface area contributed by atoms with Gasteiger partial charge in [0.2, 0.25) is 10.0 Å². The summed E-state index contributed by atoms with van der Waals surface area (Å²) in [7, 11) is -3.91. The van der Waals surface area contributed by atoms with E-state index in [4.69, 9.17) is 5.14 Å². The fourth-order valence-corrected chi connectivity index (χ4v) is 1.78. The summed E-state index contributed by atoms with van der Waals surface area (Å²) < 4.78 is 35.4. The zero-order valence-electron chi connectivity index (χ0n) is 8.90. The number of halogens is 1. The van der Waals surface area contributed by atoms with Gasteiger partial charge in [0, 0.05) is 5.92 Å². The lowest BCUT2D eigenvalue weighted by atomic mass is 9.97. The second-order valence-corrected chi connectivity index (χ2v) is 5.12. The monoisotopic (exact) mass is 245 g/mol. The van der Waals surface area contributed by atoms with Crippen molar-refractivity contribution in [1.82, 2.24) is 0 Å². The van der Waals surface area contributed by atoms with E-state index in [0.717, 1.165) is 6.07 Å². The van der Waals surface area contributed by atoms with E-state index in [-0.39, 0.29) is 16.2 Å². The van der Waals surface area contributed by atoms with E-state index in [1.54, 1.807) is 6.92 Å². The number of hydrogen-bond acceptors (Lipinski definition) is 3. The molecule has 0 saturated heterocycles. The molecule has 6 heteroatoms. The van der Waals surface area contributed by atoms with Crippen LogP contribution in [0, 0.1) is 5.82 Å². The molecule has 1 aromatic rings. The Morgan fingerprint density at radius 2 is 2.00 bits per heavy atom. The van der Waals surface area contributed by atoms with Gasteiger partial charge in [-0.25, -0.2) is 17.9 Å². The van der Waals surface area contributed by atoms with Crippen LogP contribution in [-0.4, -0.2) is 14.2 Å². The first-order chi connectivity index (χ1) is 7.23. The number of benzene rings is 1. The van der Waals surface area contributed by atoms with Gasteiger partial charge in [-0.05, 0) is 24.6 Å². The maximum absolute atomic E-state index is 13.5. The third kappa shape index (κ3) is 2.65. The van der Waals surface area contributed by atoms with Crippen LogP contribution in [0.3, 0.4) is 0 Å². The van der Waals surface area contributed by atoms with Crippen molar-refractivity contribution in [3.63, 3.8) is 0 Å². The van der Waals surface area contributed by atoms with Gasteiger partial charge in [-0.1, -0.05) is 13.0 Å². The highest BCUT2D eigenvalue weighted by atomic mass is 32.2. The van der Waals surface area contributed by atoms with Crippen LogP contribution in [-0.2, 0) is 14.8 Å². The zero-order valence-corrected chi connectivity index (χ0v) is 9.71. The molecule has 16 heavy (non-hydrogen) atoms. The normalized spacial score (nSPS) is 13.5. The summed E-state index contributed by atoms with van der Waals surface area (Å²) in [6, 6.07) is 3.28. The van der Waals surface area contributed by atoms with Crippen molar-refractivity contribution in [3.05, 3.63) is 29.6 Å². The summed E-state index contributed by atoms with van der Waals surface area (Å²) in [5, 5.41) is 4.85. The highest BCUT2D eigenvalue weighted by molar-refractivity contribution is 7.89. The minimum atomic E-state index is -3.91. The number of carbonyl (C=O) groups excluding carboxylic acids is 1. The van der Waals surface area contributed by atoms with Crippen LogP contribution in [0.4, 0.5) is 4.39 Å². The third-order valence-electron chi connectivity index (χ3n) is 2.38. The largest absolute Gasteiger partial charge is 0.299 e. The van der Waals surface area contributed by atoms with E-state index < -0.39 is 21.8 Å². The smallest absolute Gasteiger partial charge is 0.238 e. The molecule has 0 aliphatic heterocycles. The first kappa shape index (κ1) is 12.8. The van der Waals surface area contributed by atoms with E-state index >= 15 is 0 Å². The second-order valence-electron chi connectivity index (χ2n) is 3.56. The molecule has 1 unspecified atom stereocenters. The molecule has 0 radical (unpaired) electrons. The zero-order chi connectivity index (χ0) is 12.5. The van der Waals surface area contributed by atoms with Gasteiger partial charge in [-0.2, -0.15) is 0 Å². The SMILES string of the molecule is CC(=O)C(C)c1ccc(S(N)(=O)=O)cc1F. The first-order valence-corrected chi connectivity index (χ1v) is 6.11. The van der Waals surface area contributed by atoms with E-state index in [2.05, 4.69) is 0 Å². The number of primary sulfonamides is 1. The molecule has 0 bridgehead atoms. The van der Waals surface area contributed by atoms with Crippen LogP contribution in [0.5, 0.6) is 0 Å². The van der Waals surface area contributed by atoms with Gasteiger partial charge in [-0.15, -0.1) is 0 Å². The van der Waals surface area contributed by atoms with Crippen LogP contribution in [0.25, 0.3) is 0 Å². The van der Waals surface area contributed by atoms with E-state index in [1.807, 2.05) is 0 Å². The minimum Gasteiger partial charge on any atom is -0.299 e. The van der Waals surface area contributed by atoms with Gasteiger partial charge in [0.1, 0.15) is 11.6 Å². The lowest BCUT2D eigenvalue weighted by Crippen LogP contribution is -2.13. The predicted octanol–water partition coefficient (Wildman–Crippen LogP) is 1.17. The van der Waals surface area contributed by atoms with Crippen molar-refractivity contribution >= 4 is 15.8 Å². The van der Waals surface area contributed by atoms with Crippen molar-refractivity contribution in [3.8, 4) is 0 Å². The molecule has 0 spiro atoms. The quantitative estimate of drug-likeness (QED) is 0.868. The van der Waals surface area contributed by atoms with Crippen molar-refractivity contribution < 1.29 is 17.6 Å². The summed E-state index contributed by atoms with van der Waals surface area (Å²) in [6.07, 6.45) is 0. The molecule has 0 aliphatic carbocycles. The van der Waals surface area contributed by atoms with Crippen molar-refractivity contribution in [1.29, 1.82) is 0 Å². The van der Waals surface area contributed by atoms with Crippen LogP contribution >= 0.6 is 0 Å². The Bertz CT molecular complexity index is 525. The topological polar surface area (TPSA) is 77.2 Å². The van der Waals surface area contributed by atoms with Crippen molar-refractivity contribution in [2.75, 3.05) is 0 Å². The molecule has 1 rings (SSSR count). The van der Waals surface area contributed by atoms with Crippen LogP contribution in [0.2, 0.25) is 0 Å². The Kier molecular flexibility index (Phi) is 3.44. The number of sulfonamides is 1. The average Bonchev–Trinajstić information content (AvgIpc) is 2.15. The highest BCUT2D eigenvalue weighted by Gasteiger charge is 2.17. The Labute approximate surface area is 93.3 Å². The first-order valence-electron chi connectivity index (χ1n) is 4.56. The van der Waals surface area contributed by atoms with Gasteiger partial charge in [0.15, 0.2) is 0 Å². The number of Topliss-reactive ketones (excluding diaryl/α,β-unsaturated/α-hetero) is 1. The van der Waals surface area contributed by atoms with Gasteiger partial charge in [-0.3, -0.25) is 4.79 Å². The molecule has 0 heterocycles. The van der Waals surface area contributed by atoms with Crippen LogP contribution < -0.4 is 5.14 Å². The molecule has 88 valence electrons. The molecule has 0 saturated carbocycles. The summed E-state index contributed by atoms with van der Waals surface area (Å²) in [5.41, 5.74) is 0.167. The maximum atomic E-state index is 13.5. The average molecular weight is 245 g/mol. The fourth-order valence-electron chi connectivity index (χ4n) is 1.25. The van der Waals surface area contributed by atoms with Gasteiger partial charge < -0.3 is 0 Å². The number of nitrogens with two attached hydrogens (primary N) is 1. The highest BCUT2D eigenvalue weighted by Crippen LogP contribution is 2.22. The van der Waals surface area contributed by atoms with Crippen LogP contribution in [0.15, 0.2) is 23.1 Å². The lowest BCUT2D eigenvalue weighted by Gasteiger charge is -2.09. The third-order valence-corrected chi connectivity index (χ3v) is 3.29. The molecular formula is C10H12FNO3S. The summed E-state index contributed by atoms with van der Waals surface area (Å²) in [5.74, 6) is -1.54. The predicted molar refractivity (Wildman–Crippen MR) is 56.9 cm³/mol. The van der Waals surface area contributed by atoms with Crippen LogP contribution in [0.1, 0.15) is 25.3 Å². The maximum Gasteiger partial charge on any atom is 0.238 e. The summed E-state index contributed by atoms with van der Waals surface area (Å²) >= 11 is 0. The second kappa shape index (κ2) is 4.31. The van der Waals surface area contributed by atoms with Crippen molar-refractivity contribution in [2.24, 2.45) is 5.14 Å². The fraction of sp³-hybridized carbons (Fsp3) is 0.300. The number of hydrogen-bond donors (Lipinski definition) is 1. The van der Waals surface area contributed by atoms with E-state index in [1.165, 1.54) is 19.1 Å². The number of rotatable bonds is 3. The number of carbonyl (C=O) groups is 1. The molecule has 1 aromatic carbocycles. The molecule has 0 fully saturated rings. The molecule has 4 nitrogen and oxygen atoms in total. The van der Waals surface area contributed by atoms with E-state index in [9.17, 15) is 17.6 Å². The minimum absolute atomic E-state index is 0.167. The lowest BCUT2D eigenvalue weighted by molar-refractivity contribution is -0.118. The number of ketones is 1. The van der Waals surface area contributed by atoms with Gasteiger partial charge in [0.05, 0.1) is 4.90 Å². The molecule has 0 aromatic heterocycles. The van der Waals surface area contributed by atoms with Gasteiger partial charge in [0.25, 0.3) is 0 Å². The summed E-state index contributed by atoms with van der Waals surface area (Å²) in [4.78, 5) is 10.8. The Morgan fingerprint density at radius 1 is 1.44 bits per heavy atom. The van der Waals surface area contributed by atoms with Gasteiger partial charge >= 0.3 is 0 Å². The molecule has 1 atom stereocenters. The summed E-state index contributed by atoms with van der Waals surface area (Å²) in [6.45, 7) is 2.90. The molecule has 2 N–H and O–H groups in total. The molecular weight excluding hydrogens is 233 g/mol. The standard InChI is InChI=1S/C10H12FNO3S/c1-6(7(2)13)9-4-3-8(5-10(9)11)16(12,14)15/h3-6H,1-2H3,(H2,12,14,15). The van der Waals surface area contributed by atoms with E-state index in [0.29, 0.717) is 0 Å². The van der Waals surface area contributed by atoms with Crippen molar-refractivity contribution in [2.45, 2.75) is 24.7 Å². The Hall–Kier alpha value is -1.27.